The maximum absolute atomic E-state index is 2.46. The van der Waals surface area contributed by atoms with Gasteiger partial charge in [0.15, 0.2) is 0 Å². The van der Waals surface area contributed by atoms with E-state index in [1.807, 2.05) is 0 Å². The Morgan fingerprint density at radius 3 is 2.50 bits per heavy atom. The van der Waals surface area contributed by atoms with Crippen LogP contribution in [0.3, 0.4) is 0 Å². The second-order valence-corrected chi connectivity index (χ2v) is 5.23. The predicted molar refractivity (Wildman–Crippen MR) is 55.2 cm³/mol. The van der Waals surface area contributed by atoms with Crippen LogP contribution in [0, 0.1) is 17.3 Å². The van der Waals surface area contributed by atoms with Crippen molar-refractivity contribution in [2.75, 3.05) is 0 Å². The van der Waals surface area contributed by atoms with Crippen molar-refractivity contribution in [3.8, 4) is 0 Å². The zero-order chi connectivity index (χ0) is 9.19. The maximum atomic E-state index is 2.46. The van der Waals surface area contributed by atoms with E-state index in [2.05, 4.69) is 27.7 Å². The monoisotopic (exact) mass is 168 g/mol. The van der Waals surface area contributed by atoms with E-state index in [1.165, 1.54) is 32.1 Å². The Balaban J connectivity index is 2.59. The van der Waals surface area contributed by atoms with Crippen LogP contribution in [0.5, 0.6) is 0 Å². The number of hydrogen-bond acceptors (Lipinski definition) is 0. The van der Waals surface area contributed by atoms with E-state index in [0.717, 1.165) is 11.8 Å². The quantitative estimate of drug-likeness (QED) is 0.578. The molecule has 0 heterocycles. The molecule has 2 atom stereocenters. The van der Waals surface area contributed by atoms with Gasteiger partial charge in [-0.05, 0) is 30.1 Å². The van der Waals surface area contributed by atoms with Gasteiger partial charge in [-0.3, -0.25) is 0 Å². The van der Waals surface area contributed by atoms with Crippen LogP contribution in [0.4, 0.5) is 0 Å². The molecule has 0 N–H and O–H groups in total. The van der Waals surface area contributed by atoms with Crippen LogP contribution in [-0.2, 0) is 0 Å². The fourth-order valence-electron chi connectivity index (χ4n) is 2.86. The highest BCUT2D eigenvalue weighted by molar-refractivity contribution is 4.85. The van der Waals surface area contributed by atoms with Crippen LogP contribution >= 0.6 is 0 Å². The summed E-state index contributed by atoms with van der Waals surface area (Å²) in [6.07, 6.45) is 7.20. The first-order valence-corrected chi connectivity index (χ1v) is 5.58. The van der Waals surface area contributed by atoms with Crippen LogP contribution < -0.4 is 0 Å². The standard InChI is InChI=1S/C12H24/c1-5-10(2)11-8-6-7-9-12(11,3)4/h10-11H,5-9H2,1-4H3. The summed E-state index contributed by atoms with van der Waals surface area (Å²) in [5.41, 5.74) is 0.619. The minimum atomic E-state index is 0.619. The normalized spacial score (nSPS) is 31.5. The molecule has 0 saturated heterocycles. The highest BCUT2D eigenvalue weighted by atomic mass is 14.4. The third kappa shape index (κ3) is 2.02. The highest BCUT2D eigenvalue weighted by Crippen LogP contribution is 2.45. The molecule has 72 valence electrons. The lowest BCUT2D eigenvalue weighted by molar-refractivity contribution is 0.0866. The molecule has 1 aliphatic rings. The molecular weight excluding hydrogens is 144 g/mol. The average molecular weight is 168 g/mol. The molecule has 0 aromatic rings. The largest absolute Gasteiger partial charge is 0.0651 e. The Morgan fingerprint density at radius 1 is 1.33 bits per heavy atom. The zero-order valence-corrected chi connectivity index (χ0v) is 9.19. The van der Waals surface area contributed by atoms with Gasteiger partial charge in [-0.15, -0.1) is 0 Å². The van der Waals surface area contributed by atoms with E-state index >= 15 is 0 Å². The number of rotatable bonds is 2. The maximum Gasteiger partial charge on any atom is -0.0323 e. The van der Waals surface area contributed by atoms with Crippen LogP contribution in [0.25, 0.3) is 0 Å². The molecular formula is C12H24. The molecule has 0 heteroatoms. The molecule has 0 bridgehead atoms. The zero-order valence-electron chi connectivity index (χ0n) is 9.19. The highest BCUT2D eigenvalue weighted by Gasteiger charge is 2.34. The smallest absolute Gasteiger partial charge is 0.0323 e. The van der Waals surface area contributed by atoms with Crippen molar-refractivity contribution in [2.45, 2.75) is 59.8 Å². The Kier molecular flexibility index (Phi) is 3.20. The first-order chi connectivity index (χ1) is 5.58. The third-order valence-corrected chi connectivity index (χ3v) is 3.92. The molecule has 1 aliphatic carbocycles. The van der Waals surface area contributed by atoms with E-state index < -0.39 is 0 Å². The van der Waals surface area contributed by atoms with Gasteiger partial charge in [-0.25, -0.2) is 0 Å². The molecule has 0 radical (unpaired) electrons. The summed E-state index contributed by atoms with van der Waals surface area (Å²) in [6, 6.07) is 0. The van der Waals surface area contributed by atoms with Gasteiger partial charge in [-0.1, -0.05) is 47.0 Å². The molecule has 0 nitrogen and oxygen atoms in total. The van der Waals surface area contributed by atoms with E-state index in [9.17, 15) is 0 Å². The van der Waals surface area contributed by atoms with Crippen LogP contribution in [-0.4, -0.2) is 0 Å². The molecule has 0 spiro atoms. The van der Waals surface area contributed by atoms with Crippen molar-refractivity contribution >= 4 is 0 Å². The van der Waals surface area contributed by atoms with Crippen LogP contribution in [0.2, 0.25) is 0 Å². The topological polar surface area (TPSA) is 0 Å². The summed E-state index contributed by atoms with van der Waals surface area (Å²) >= 11 is 0. The lowest BCUT2D eigenvalue weighted by Crippen LogP contribution is -2.32. The predicted octanol–water partition coefficient (Wildman–Crippen LogP) is 4.25. The van der Waals surface area contributed by atoms with E-state index in [4.69, 9.17) is 0 Å². The Hall–Kier alpha value is 0. The van der Waals surface area contributed by atoms with Gasteiger partial charge >= 0.3 is 0 Å². The second kappa shape index (κ2) is 3.81. The molecule has 0 amide bonds. The summed E-state index contributed by atoms with van der Waals surface area (Å²) in [6.45, 7) is 9.68. The molecule has 0 aromatic heterocycles. The van der Waals surface area contributed by atoms with E-state index in [1.54, 1.807) is 0 Å². The average Bonchev–Trinajstić information content (AvgIpc) is 2.02. The van der Waals surface area contributed by atoms with Crippen molar-refractivity contribution in [2.24, 2.45) is 17.3 Å². The lowest BCUT2D eigenvalue weighted by atomic mass is 9.64. The third-order valence-electron chi connectivity index (χ3n) is 3.92. The second-order valence-electron chi connectivity index (χ2n) is 5.23. The Bertz CT molecular complexity index is 135. The van der Waals surface area contributed by atoms with Crippen molar-refractivity contribution in [1.82, 2.24) is 0 Å². The first-order valence-electron chi connectivity index (χ1n) is 5.58. The molecule has 1 rings (SSSR count). The van der Waals surface area contributed by atoms with Gasteiger partial charge in [0.25, 0.3) is 0 Å². The Morgan fingerprint density at radius 2 is 2.00 bits per heavy atom. The summed E-state index contributed by atoms with van der Waals surface area (Å²) in [5, 5.41) is 0. The molecule has 1 fully saturated rings. The first kappa shape index (κ1) is 10.1. The summed E-state index contributed by atoms with van der Waals surface area (Å²) < 4.78 is 0. The minimum absolute atomic E-state index is 0.619. The van der Waals surface area contributed by atoms with Crippen molar-refractivity contribution in [3.63, 3.8) is 0 Å². The molecule has 0 aliphatic heterocycles. The van der Waals surface area contributed by atoms with Crippen molar-refractivity contribution in [3.05, 3.63) is 0 Å². The van der Waals surface area contributed by atoms with Gasteiger partial charge in [0, 0.05) is 0 Å². The minimum Gasteiger partial charge on any atom is -0.0651 e. The number of hydrogen-bond donors (Lipinski definition) is 0. The lowest BCUT2D eigenvalue weighted by Gasteiger charge is -2.42. The molecule has 2 unspecified atom stereocenters. The van der Waals surface area contributed by atoms with Crippen LogP contribution in [0.15, 0.2) is 0 Å². The summed E-state index contributed by atoms with van der Waals surface area (Å²) in [4.78, 5) is 0. The van der Waals surface area contributed by atoms with Crippen molar-refractivity contribution < 1.29 is 0 Å². The SMILES string of the molecule is CCC(C)C1CCCCC1(C)C. The molecule has 1 saturated carbocycles. The molecule has 12 heavy (non-hydrogen) atoms. The van der Waals surface area contributed by atoms with Crippen molar-refractivity contribution in [1.29, 1.82) is 0 Å². The van der Waals surface area contributed by atoms with Gasteiger partial charge in [-0.2, -0.15) is 0 Å². The van der Waals surface area contributed by atoms with Gasteiger partial charge < -0.3 is 0 Å². The molecule has 0 aromatic carbocycles. The fraction of sp³-hybridized carbons (Fsp3) is 1.00. The van der Waals surface area contributed by atoms with E-state index in [-0.39, 0.29) is 0 Å². The van der Waals surface area contributed by atoms with E-state index in [0.29, 0.717) is 5.41 Å². The summed E-state index contributed by atoms with van der Waals surface area (Å²) in [5.74, 6) is 1.91. The van der Waals surface area contributed by atoms with Gasteiger partial charge in [0.05, 0.1) is 0 Å². The Labute approximate surface area is 77.7 Å². The van der Waals surface area contributed by atoms with Gasteiger partial charge in [0.1, 0.15) is 0 Å². The summed E-state index contributed by atoms with van der Waals surface area (Å²) in [7, 11) is 0. The fourth-order valence-corrected chi connectivity index (χ4v) is 2.86. The van der Waals surface area contributed by atoms with Gasteiger partial charge in [0.2, 0.25) is 0 Å². The van der Waals surface area contributed by atoms with Crippen LogP contribution in [0.1, 0.15) is 59.8 Å².